The Labute approximate surface area is 110 Å². The molecular formula is C11H18N4O2S. The number of nitrogens with two attached hydrogens (primary N) is 1. The van der Waals surface area contributed by atoms with E-state index >= 15 is 0 Å². The van der Waals surface area contributed by atoms with Crippen molar-refractivity contribution in [2.75, 3.05) is 26.4 Å². The monoisotopic (exact) mass is 270 g/mol. The minimum Gasteiger partial charge on any atom is -0.375 e. The largest absolute Gasteiger partial charge is 0.375 e. The molecule has 0 aliphatic carbocycles. The summed E-state index contributed by atoms with van der Waals surface area (Å²) in [7, 11) is 3.26. The van der Waals surface area contributed by atoms with Crippen LogP contribution in [-0.4, -0.2) is 42.3 Å². The van der Waals surface area contributed by atoms with Gasteiger partial charge in [0, 0.05) is 26.0 Å². The molecule has 0 spiro atoms. The van der Waals surface area contributed by atoms with Gasteiger partial charge in [-0.15, -0.1) is 11.3 Å². The van der Waals surface area contributed by atoms with E-state index in [1.165, 1.54) is 16.2 Å². The first-order valence-electron chi connectivity index (χ1n) is 5.59. The number of rotatable bonds is 5. The summed E-state index contributed by atoms with van der Waals surface area (Å²) in [5.74, 6) is -0.381. The number of nitrogens with zero attached hydrogens (tertiary/aromatic N) is 2. The lowest BCUT2D eigenvalue weighted by Crippen LogP contribution is -2.38. The smallest absolute Gasteiger partial charge is 0.228 e. The van der Waals surface area contributed by atoms with Crippen molar-refractivity contribution in [3.05, 3.63) is 11.1 Å². The van der Waals surface area contributed by atoms with Crippen molar-refractivity contribution >= 4 is 28.3 Å². The topological polar surface area (TPSA) is 88.3 Å². The summed E-state index contributed by atoms with van der Waals surface area (Å²) in [4.78, 5) is 28.8. The number of carbonyl (C=O) groups is 2. The zero-order chi connectivity index (χ0) is 13.7. The van der Waals surface area contributed by atoms with Crippen molar-refractivity contribution < 1.29 is 9.59 Å². The van der Waals surface area contributed by atoms with Crippen molar-refractivity contribution in [3.8, 4) is 0 Å². The molecule has 18 heavy (non-hydrogen) atoms. The Morgan fingerprint density at radius 3 is 2.78 bits per heavy atom. The summed E-state index contributed by atoms with van der Waals surface area (Å²) in [5, 5.41) is 4.78. The fourth-order valence-corrected chi connectivity index (χ4v) is 2.10. The molecule has 1 rings (SSSR count). The molecule has 0 fully saturated rings. The van der Waals surface area contributed by atoms with Crippen molar-refractivity contribution in [3.63, 3.8) is 0 Å². The fourth-order valence-electron chi connectivity index (χ4n) is 1.54. The first kappa shape index (κ1) is 14.4. The van der Waals surface area contributed by atoms with Gasteiger partial charge in [0.2, 0.25) is 11.8 Å². The Bertz CT molecular complexity index is 432. The van der Waals surface area contributed by atoms with E-state index in [0.717, 1.165) is 0 Å². The molecule has 0 saturated heterocycles. The quantitative estimate of drug-likeness (QED) is 0.794. The van der Waals surface area contributed by atoms with Gasteiger partial charge in [-0.1, -0.05) is 6.92 Å². The highest BCUT2D eigenvalue weighted by atomic mass is 32.1. The van der Waals surface area contributed by atoms with Crippen LogP contribution in [0.3, 0.4) is 0 Å². The maximum Gasteiger partial charge on any atom is 0.228 e. The fraction of sp³-hybridized carbons (Fsp3) is 0.545. The third kappa shape index (κ3) is 3.99. The van der Waals surface area contributed by atoms with Gasteiger partial charge < -0.3 is 16.0 Å². The summed E-state index contributed by atoms with van der Waals surface area (Å²) in [5.41, 5.74) is 6.17. The van der Waals surface area contributed by atoms with E-state index in [9.17, 15) is 9.59 Å². The molecule has 1 aromatic rings. The Morgan fingerprint density at radius 2 is 2.28 bits per heavy atom. The van der Waals surface area contributed by atoms with E-state index in [1.807, 2.05) is 0 Å². The molecular weight excluding hydrogens is 252 g/mol. The second-order valence-electron chi connectivity index (χ2n) is 4.14. The molecule has 0 aliphatic heterocycles. The number of hydrogen-bond donors (Lipinski definition) is 2. The molecule has 6 nitrogen and oxygen atoms in total. The van der Waals surface area contributed by atoms with Gasteiger partial charge >= 0.3 is 0 Å². The lowest BCUT2D eigenvalue weighted by Gasteiger charge is -2.20. The first-order valence-corrected chi connectivity index (χ1v) is 6.47. The van der Waals surface area contributed by atoms with E-state index in [4.69, 9.17) is 5.73 Å². The number of thiazole rings is 1. The summed E-state index contributed by atoms with van der Waals surface area (Å²) in [6.07, 6.45) is 0.213. The molecule has 100 valence electrons. The molecule has 0 aliphatic rings. The summed E-state index contributed by atoms with van der Waals surface area (Å²) >= 11 is 1.31. The highest BCUT2D eigenvalue weighted by molar-refractivity contribution is 7.13. The van der Waals surface area contributed by atoms with E-state index in [-0.39, 0.29) is 24.2 Å². The van der Waals surface area contributed by atoms with Gasteiger partial charge in [0.15, 0.2) is 5.13 Å². The molecule has 0 bridgehead atoms. The van der Waals surface area contributed by atoms with Crippen LogP contribution in [0.15, 0.2) is 5.38 Å². The number of nitrogens with one attached hydrogen (secondary N) is 1. The zero-order valence-corrected chi connectivity index (χ0v) is 11.6. The number of carbonyl (C=O) groups excluding carboxylic acids is 2. The molecule has 0 radical (unpaired) electrons. The number of anilines is 1. The summed E-state index contributed by atoms with van der Waals surface area (Å²) in [6.45, 7) is 2.17. The second-order valence-corrected chi connectivity index (χ2v) is 5.03. The maximum absolute atomic E-state index is 11.9. The molecule has 3 N–H and O–H groups in total. The van der Waals surface area contributed by atoms with Crippen LogP contribution >= 0.6 is 11.3 Å². The van der Waals surface area contributed by atoms with Gasteiger partial charge in [-0.05, 0) is 0 Å². The van der Waals surface area contributed by atoms with Crippen molar-refractivity contribution in [1.29, 1.82) is 0 Å². The third-order valence-corrected chi connectivity index (χ3v) is 3.29. The zero-order valence-electron chi connectivity index (χ0n) is 10.8. The Kier molecular flexibility index (Phi) is 5.08. The number of aromatic nitrogens is 1. The molecule has 0 aromatic carbocycles. The van der Waals surface area contributed by atoms with Crippen LogP contribution in [-0.2, 0) is 16.0 Å². The molecule has 1 atom stereocenters. The Hall–Kier alpha value is -1.63. The lowest BCUT2D eigenvalue weighted by molar-refractivity contribution is -0.131. The van der Waals surface area contributed by atoms with Crippen LogP contribution in [0.4, 0.5) is 5.13 Å². The van der Waals surface area contributed by atoms with E-state index < -0.39 is 0 Å². The molecule has 1 aromatic heterocycles. The third-order valence-electron chi connectivity index (χ3n) is 2.57. The first-order chi connectivity index (χ1) is 8.43. The van der Waals surface area contributed by atoms with Gasteiger partial charge in [0.05, 0.1) is 18.0 Å². The Balaban J connectivity index is 2.49. The second kappa shape index (κ2) is 6.34. The number of amides is 2. The van der Waals surface area contributed by atoms with Gasteiger partial charge in [-0.25, -0.2) is 4.98 Å². The number of likely N-dealkylation sites (N-methyl/N-ethyl adjacent to an activating group) is 1. The predicted octanol–water partition coefficient (Wildman–Crippen LogP) is 0.108. The van der Waals surface area contributed by atoms with Crippen molar-refractivity contribution in [2.24, 2.45) is 5.92 Å². The Morgan fingerprint density at radius 1 is 1.61 bits per heavy atom. The number of nitrogen functional groups attached to an aromatic ring is 1. The minimum atomic E-state index is -0.232. The van der Waals surface area contributed by atoms with E-state index in [1.54, 1.807) is 26.4 Å². The van der Waals surface area contributed by atoms with Crippen molar-refractivity contribution in [2.45, 2.75) is 13.3 Å². The van der Waals surface area contributed by atoms with Gasteiger partial charge in [-0.3, -0.25) is 9.59 Å². The van der Waals surface area contributed by atoms with Crippen LogP contribution < -0.4 is 11.1 Å². The molecule has 2 amide bonds. The minimum absolute atomic E-state index is 0.0731. The highest BCUT2D eigenvalue weighted by Gasteiger charge is 2.18. The summed E-state index contributed by atoms with van der Waals surface area (Å²) < 4.78 is 0. The summed E-state index contributed by atoms with van der Waals surface area (Å²) in [6, 6.07) is 0. The molecule has 1 unspecified atom stereocenters. The standard InChI is InChI=1S/C11H18N4O2S/c1-7(10(17)13-2)5-15(3)9(16)4-8-6-18-11(12)14-8/h6-7H,4-5H2,1-3H3,(H2,12,14)(H,13,17). The van der Waals surface area contributed by atoms with Crippen LogP contribution in [0.1, 0.15) is 12.6 Å². The maximum atomic E-state index is 11.9. The molecule has 1 heterocycles. The van der Waals surface area contributed by atoms with E-state index in [2.05, 4.69) is 10.3 Å². The normalized spacial score (nSPS) is 11.9. The highest BCUT2D eigenvalue weighted by Crippen LogP contribution is 2.12. The average molecular weight is 270 g/mol. The molecule has 7 heteroatoms. The van der Waals surface area contributed by atoms with Gasteiger partial charge in [0.1, 0.15) is 0 Å². The van der Waals surface area contributed by atoms with Crippen molar-refractivity contribution in [1.82, 2.24) is 15.2 Å². The predicted molar refractivity (Wildman–Crippen MR) is 71.1 cm³/mol. The SMILES string of the molecule is CNC(=O)C(C)CN(C)C(=O)Cc1csc(N)n1. The van der Waals surface area contributed by atoms with Gasteiger partial charge in [0.25, 0.3) is 0 Å². The average Bonchev–Trinajstić information content (AvgIpc) is 2.73. The lowest BCUT2D eigenvalue weighted by atomic mass is 10.1. The van der Waals surface area contributed by atoms with Crippen LogP contribution in [0.25, 0.3) is 0 Å². The van der Waals surface area contributed by atoms with Crippen LogP contribution in [0, 0.1) is 5.92 Å². The number of hydrogen-bond acceptors (Lipinski definition) is 5. The molecule has 0 saturated carbocycles. The van der Waals surface area contributed by atoms with Gasteiger partial charge in [-0.2, -0.15) is 0 Å². The van der Waals surface area contributed by atoms with Crippen LogP contribution in [0.5, 0.6) is 0 Å². The van der Waals surface area contributed by atoms with E-state index in [0.29, 0.717) is 17.4 Å². The van der Waals surface area contributed by atoms with Crippen LogP contribution in [0.2, 0.25) is 0 Å².